The van der Waals surface area contributed by atoms with Crippen molar-refractivity contribution in [3.05, 3.63) is 34.4 Å². The Balaban J connectivity index is 1.85. The van der Waals surface area contributed by atoms with Gasteiger partial charge < -0.3 is 0 Å². The fraction of sp³-hybridized carbons (Fsp3) is 0.625. The average Bonchev–Trinajstić information content (AvgIpc) is 2.87. The molecule has 98 valence electrons. The lowest BCUT2D eigenvalue weighted by Gasteiger charge is -2.19. The molecular formula is C16H24N2. The summed E-state index contributed by atoms with van der Waals surface area (Å²) in [5.41, 5.74) is 6.25. The van der Waals surface area contributed by atoms with E-state index in [1.807, 2.05) is 0 Å². The summed E-state index contributed by atoms with van der Waals surface area (Å²) >= 11 is 0. The molecule has 3 rings (SSSR count). The Labute approximate surface area is 111 Å². The second-order valence-corrected chi connectivity index (χ2v) is 6.39. The lowest BCUT2D eigenvalue weighted by Crippen LogP contribution is -2.25. The minimum Gasteiger partial charge on any atom is -0.292 e. The van der Waals surface area contributed by atoms with Gasteiger partial charge in [0.1, 0.15) is 0 Å². The van der Waals surface area contributed by atoms with Crippen molar-refractivity contribution in [2.45, 2.75) is 66.0 Å². The Kier molecular flexibility index (Phi) is 2.95. The Bertz CT molecular complexity index is 388. The van der Waals surface area contributed by atoms with Crippen LogP contribution in [-0.2, 0) is 26.2 Å². The maximum Gasteiger partial charge on any atom is 0.0243 e. The zero-order valence-electron chi connectivity index (χ0n) is 12.0. The van der Waals surface area contributed by atoms with E-state index < -0.39 is 0 Å². The summed E-state index contributed by atoms with van der Waals surface area (Å²) in [4.78, 5) is 5.11. The van der Waals surface area contributed by atoms with Crippen LogP contribution in [0, 0.1) is 0 Å². The zero-order valence-corrected chi connectivity index (χ0v) is 12.0. The van der Waals surface area contributed by atoms with Crippen LogP contribution in [0.3, 0.4) is 0 Å². The highest BCUT2D eigenvalue weighted by molar-refractivity contribution is 5.42. The third kappa shape index (κ3) is 1.98. The summed E-state index contributed by atoms with van der Waals surface area (Å²) < 4.78 is 0. The van der Waals surface area contributed by atoms with Gasteiger partial charge in [0.05, 0.1) is 0 Å². The molecule has 0 saturated heterocycles. The van der Waals surface area contributed by atoms with Crippen molar-refractivity contribution in [2.24, 2.45) is 0 Å². The van der Waals surface area contributed by atoms with Crippen LogP contribution in [-0.4, -0.2) is 21.9 Å². The largest absolute Gasteiger partial charge is 0.292 e. The second kappa shape index (κ2) is 4.36. The Morgan fingerprint density at radius 3 is 1.17 bits per heavy atom. The number of nitrogens with zero attached hydrogens (tertiary/aromatic N) is 2. The van der Waals surface area contributed by atoms with Crippen molar-refractivity contribution < 1.29 is 0 Å². The first-order chi connectivity index (χ1) is 8.54. The van der Waals surface area contributed by atoms with Crippen LogP contribution >= 0.6 is 0 Å². The molecule has 0 saturated carbocycles. The summed E-state index contributed by atoms with van der Waals surface area (Å²) in [6.07, 6.45) is 0. The Hall–Kier alpha value is -0.860. The third-order valence-corrected chi connectivity index (χ3v) is 4.48. The predicted octanol–water partition coefficient (Wildman–Crippen LogP) is 3.13. The first kappa shape index (κ1) is 12.2. The lowest BCUT2D eigenvalue weighted by molar-refractivity contribution is 0.224. The molecule has 0 atom stereocenters. The molecule has 0 unspecified atom stereocenters. The fourth-order valence-electron chi connectivity index (χ4n) is 3.10. The van der Waals surface area contributed by atoms with Gasteiger partial charge in [-0.15, -0.1) is 0 Å². The van der Waals surface area contributed by atoms with Crippen LogP contribution < -0.4 is 0 Å². The monoisotopic (exact) mass is 244 g/mol. The number of hydrogen-bond donors (Lipinski definition) is 0. The van der Waals surface area contributed by atoms with E-state index in [1.54, 1.807) is 22.3 Å². The summed E-state index contributed by atoms with van der Waals surface area (Å²) in [7, 11) is 0. The minimum absolute atomic E-state index is 0.652. The van der Waals surface area contributed by atoms with Crippen molar-refractivity contribution in [1.29, 1.82) is 0 Å². The van der Waals surface area contributed by atoms with Crippen LogP contribution in [0.2, 0.25) is 0 Å². The summed E-state index contributed by atoms with van der Waals surface area (Å²) in [6.45, 7) is 13.7. The molecular weight excluding hydrogens is 220 g/mol. The molecule has 0 N–H and O–H groups in total. The molecule has 2 heterocycles. The van der Waals surface area contributed by atoms with Gasteiger partial charge in [-0.2, -0.15) is 0 Å². The highest BCUT2D eigenvalue weighted by atomic mass is 15.2. The van der Waals surface area contributed by atoms with Gasteiger partial charge in [0.25, 0.3) is 0 Å². The van der Waals surface area contributed by atoms with E-state index in [0.29, 0.717) is 12.1 Å². The van der Waals surface area contributed by atoms with E-state index in [1.165, 1.54) is 0 Å². The molecule has 2 aliphatic heterocycles. The van der Waals surface area contributed by atoms with Gasteiger partial charge >= 0.3 is 0 Å². The normalized spacial score (nSPS) is 19.9. The molecule has 0 spiro atoms. The second-order valence-electron chi connectivity index (χ2n) is 6.39. The average molecular weight is 244 g/mol. The molecule has 0 aromatic heterocycles. The zero-order chi connectivity index (χ0) is 12.9. The number of hydrogen-bond acceptors (Lipinski definition) is 2. The number of rotatable bonds is 2. The highest BCUT2D eigenvalue weighted by Gasteiger charge is 2.26. The quantitative estimate of drug-likeness (QED) is 0.788. The molecule has 2 aliphatic rings. The van der Waals surface area contributed by atoms with Crippen molar-refractivity contribution in [3.8, 4) is 0 Å². The SMILES string of the molecule is CC(C)N1Cc2cc3c(cc2C1)CN(C(C)C)C3. The van der Waals surface area contributed by atoms with Gasteiger partial charge in [0.15, 0.2) is 0 Å². The van der Waals surface area contributed by atoms with Gasteiger partial charge in [-0.05, 0) is 49.9 Å². The maximum absolute atomic E-state index is 2.56. The van der Waals surface area contributed by atoms with Crippen molar-refractivity contribution in [3.63, 3.8) is 0 Å². The van der Waals surface area contributed by atoms with Crippen molar-refractivity contribution in [1.82, 2.24) is 9.80 Å². The Morgan fingerprint density at radius 1 is 0.667 bits per heavy atom. The lowest BCUT2D eigenvalue weighted by atomic mass is 10.0. The molecule has 0 radical (unpaired) electrons. The van der Waals surface area contributed by atoms with E-state index in [4.69, 9.17) is 0 Å². The highest BCUT2D eigenvalue weighted by Crippen LogP contribution is 2.32. The molecule has 1 aromatic carbocycles. The minimum atomic E-state index is 0.652. The van der Waals surface area contributed by atoms with E-state index in [2.05, 4.69) is 49.6 Å². The van der Waals surface area contributed by atoms with Crippen molar-refractivity contribution >= 4 is 0 Å². The summed E-state index contributed by atoms with van der Waals surface area (Å²) in [5.74, 6) is 0. The first-order valence-electron chi connectivity index (χ1n) is 7.16. The molecule has 2 heteroatoms. The van der Waals surface area contributed by atoms with Crippen molar-refractivity contribution in [2.75, 3.05) is 0 Å². The van der Waals surface area contributed by atoms with E-state index in [9.17, 15) is 0 Å². The Morgan fingerprint density at radius 2 is 0.944 bits per heavy atom. The van der Waals surface area contributed by atoms with Crippen LogP contribution in [0.1, 0.15) is 49.9 Å². The van der Waals surface area contributed by atoms with Crippen LogP contribution in [0.15, 0.2) is 12.1 Å². The molecule has 2 nitrogen and oxygen atoms in total. The fourth-order valence-corrected chi connectivity index (χ4v) is 3.10. The topological polar surface area (TPSA) is 6.48 Å². The number of fused-ring (bicyclic) bond motifs is 2. The first-order valence-corrected chi connectivity index (χ1v) is 7.16. The smallest absolute Gasteiger partial charge is 0.0243 e. The van der Waals surface area contributed by atoms with Crippen LogP contribution in [0.25, 0.3) is 0 Å². The van der Waals surface area contributed by atoms with Gasteiger partial charge in [-0.3, -0.25) is 9.80 Å². The van der Waals surface area contributed by atoms with Gasteiger partial charge in [0.2, 0.25) is 0 Å². The molecule has 0 bridgehead atoms. The maximum atomic E-state index is 2.56. The third-order valence-electron chi connectivity index (χ3n) is 4.48. The van der Waals surface area contributed by atoms with E-state index >= 15 is 0 Å². The van der Waals surface area contributed by atoms with Crippen LogP contribution in [0.5, 0.6) is 0 Å². The van der Waals surface area contributed by atoms with Gasteiger partial charge in [0, 0.05) is 38.3 Å². The molecule has 0 fully saturated rings. The van der Waals surface area contributed by atoms with Gasteiger partial charge in [-0.1, -0.05) is 12.1 Å². The van der Waals surface area contributed by atoms with Crippen LogP contribution in [0.4, 0.5) is 0 Å². The number of benzene rings is 1. The molecule has 0 amide bonds. The molecule has 0 aliphatic carbocycles. The predicted molar refractivity (Wildman–Crippen MR) is 75.2 cm³/mol. The summed E-state index contributed by atoms with van der Waals surface area (Å²) in [5, 5.41) is 0. The summed E-state index contributed by atoms with van der Waals surface area (Å²) in [6, 6.07) is 6.24. The molecule has 18 heavy (non-hydrogen) atoms. The standard InChI is InChI=1S/C16H24N2/c1-11(2)17-7-13-5-15-9-18(12(3)4)10-16(15)6-14(13)8-17/h5-6,11-12H,7-10H2,1-4H3. The van der Waals surface area contributed by atoms with Gasteiger partial charge in [-0.25, -0.2) is 0 Å². The van der Waals surface area contributed by atoms with E-state index in [0.717, 1.165) is 26.2 Å². The molecule has 1 aromatic rings. The van der Waals surface area contributed by atoms with E-state index in [-0.39, 0.29) is 0 Å².